The molecule has 0 aliphatic heterocycles. The van der Waals surface area contributed by atoms with Gasteiger partial charge in [-0.1, -0.05) is 49.6 Å². The Morgan fingerprint density at radius 3 is 2.31 bits per heavy atom. The van der Waals surface area contributed by atoms with Crippen molar-refractivity contribution in [2.24, 2.45) is 0 Å². The molecule has 0 atom stereocenters. The third-order valence-electron chi connectivity index (χ3n) is 5.64. The highest BCUT2D eigenvalue weighted by atomic mass is 16.5. The third-order valence-corrected chi connectivity index (χ3v) is 5.64. The standard InChI is InChI=1S/C26H32N2O4/c29-24(17-18-25(30)32-19-7-10-20-8-3-1-4-9-20)27-23-15-13-21(14-16-23)26(31)28-22-11-5-2-6-12-22/h1,3-4,8-9,13-16,22H,2,5-7,10-12,17-19H2,(H,27,29)(H,28,31). The van der Waals surface area contributed by atoms with Crippen LogP contribution in [-0.2, 0) is 20.7 Å². The first-order valence-electron chi connectivity index (χ1n) is 11.5. The average molecular weight is 437 g/mol. The number of esters is 1. The van der Waals surface area contributed by atoms with Gasteiger partial charge in [0, 0.05) is 23.7 Å². The maximum absolute atomic E-state index is 12.4. The maximum atomic E-state index is 12.4. The van der Waals surface area contributed by atoms with E-state index < -0.39 is 0 Å². The summed E-state index contributed by atoms with van der Waals surface area (Å²) in [5.74, 6) is -0.710. The molecule has 3 rings (SSSR count). The van der Waals surface area contributed by atoms with Gasteiger partial charge in [-0.2, -0.15) is 0 Å². The number of hydrogen-bond acceptors (Lipinski definition) is 4. The maximum Gasteiger partial charge on any atom is 0.306 e. The van der Waals surface area contributed by atoms with Crippen molar-refractivity contribution in [2.75, 3.05) is 11.9 Å². The molecule has 6 heteroatoms. The molecule has 1 aliphatic rings. The molecular weight excluding hydrogens is 404 g/mol. The number of amides is 2. The molecule has 0 saturated heterocycles. The van der Waals surface area contributed by atoms with Gasteiger partial charge in [0.25, 0.3) is 5.91 Å². The molecule has 0 unspecified atom stereocenters. The first kappa shape index (κ1) is 23.5. The number of aryl methyl sites for hydroxylation is 1. The molecule has 0 radical (unpaired) electrons. The highest BCUT2D eigenvalue weighted by molar-refractivity contribution is 5.96. The number of nitrogens with one attached hydrogen (secondary N) is 2. The van der Waals surface area contributed by atoms with Gasteiger partial charge >= 0.3 is 5.97 Å². The van der Waals surface area contributed by atoms with Crippen LogP contribution in [0.1, 0.15) is 67.3 Å². The number of ether oxygens (including phenoxy) is 1. The minimum atomic E-state index is -0.372. The van der Waals surface area contributed by atoms with E-state index in [0.717, 1.165) is 38.5 Å². The zero-order valence-corrected chi connectivity index (χ0v) is 18.5. The highest BCUT2D eigenvalue weighted by Crippen LogP contribution is 2.18. The first-order chi connectivity index (χ1) is 15.6. The summed E-state index contributed by atoms with van der Waals surface area (Å²) in [6.07, 6.45) is 7.35. The lowest BCUT2D eigenvalue weighted by atomic mass is 9.95. The van der Waals surface area contributed by atoms with Crippen molar-refractivity contribution in [2.45, 2.75) is 63.8 Å². The molecule has 2 amide bonds. The first-order valence-corrected chi connectivity index (χ1v) is 11.5. The van der Waals surface area contributed by atoms with Gasteiger partial charge in [0.1, 0.15) is 0 Å². The summed E-state index contributed by atoms with van der Waals surface area (Å²) in [7, 11) is 0. The van der Waals surface area contributed by atoms with E-state index in [-0.39, 0.29) is 36.7 Å². The van der Waals surface area contributed by atoms with Gasteiger partial charge < -0.3 is 15.4 Å². The number of benzene rings is 2. The van der Waals surface area contributed by atoms with E-state index in [2.05, 4.69) is 10.6 Å². The molecule has 1 fully saturated rings. The smallest absolute Gasteiger partial charge is 0.306 e. The Labute approximate surface area is 189 Å². The number of anilines is 1. The van der Waals surface area contributed by atoms with Gasteiger partial charge in [-0.3, -0.25) is 14.4 Å². The molecule has 170 valence electrons. The second-order valence-electron chi connectivity index (χ2n) is 8.24. The van der Waals surface area contributed by atoms with E-state index in [1.54, 1.807) is 24.3 Å². The normalized spacial score (nSPS) is 13.9. The Morgan fingerprint density at radius 1 is 0.875 bits per heavy atom. The number of carbonyl (C=O) groups is 3. The lowest BCUT2D eigenvalue weighted by Gasteiger charge is -2.22. The largest absolute Gasteiger partial charge is 0.466 e. The van der Waals surface area contributed by atoms with Crippen LogP contribution in [0.4, 0.5) is 5.69 Å². The third kappa shape index (κ3) is 8.17. The molecule has 0 bridgehead atoms. The number of rotatable bonds is 10. The Bertz CT molecular complexity index is 874. The Hall–Kier alpha value is -3.15. The van der Waals surface area contributed by atoms with Crippen molar-refractivity contribution in [3.63, 3.8) is 0 Å². The van der Waals surface area contributed by atoms with Crippen molar-refractivity contribution in [3.8, 4) is 0 Å². The van der Waals surface area contributed by atoms with Crippen LogP contribution in [0.3, 0.4) is 0 Å². The molecule has 6 nitrogen and oxygen atoms in total. The van der Waals surface area contributed by atoms with E-state index in [1.807, 2.05) is 30.3 Å². The van der Waals surface area contributed by atoms with Crippen molar-refractivity contribution >= 4 is 23.5 Å². The Kier molecular flexibility index (Phi) is 9.29. The lowest BCUT2D eigenvalue weighted by Crippen LogP contribution is -2.36. The fraction of sp³-hybridized carbons (Fsp3) is 0.423. The molecule has 0 heterocycles. The van der Waals surface area contributed by atoms with Crippen LogP contribution >= 0.6 is 0 Å². The summed E-state index contributed by atoms with van der Waals surface area (Å²) in [6.45, 7) is 0.347. The van der Waals surface area contributed by atoms with Crippen molar-refractivity contribution in [3.05, 3.63) is 65.7 Å². The molecule has 2 aromatic rings. The summed E-state index contributed by atoms with van der Waals surface area (Å²) < 4.78 is 5.21. The summed E-state index contributed by atoms with van der Waals surface area (Å²) in [5.41, 5.74) is 2.38. The SMILES string of the molecule is O=C(CCC(=O)OCCCc1ccccc1)Nc1ccc(C(=O)NC2CCCCC2)cc1. The van der Waals surface area contributed by atoms with Crippen LogP contribution < -0.4 is 10.6 Å². The molecule has 32 heavy (non-hydrogen) atoms. The van der Waals surface area contributed by atoms with Gasteiger partial charge in [0.15, 0.2) is 0 Å². The molecule has 2 aromatic carbocycles. The predicted octanol–water partition coefficient (Wildman–Crippen LogP) is 4.64. The van der Waals surface area contributed by atoms with Crippen LogP contribution in [-0.4, -0.2) is 30.4 Å². The van der Waals surface area contributed by atoms with Gasteiger partial charge in [0.2, 0.25) is 5.91 Å². The number of hydrogen-bond donors (Lipinski definition) is 2. The van der Waals surface area contributed by atoms with Gasteiger partial charge in [-0.15, -0.1) is 0 Å². The van der Waals surface area contributed by atoms with Crippen LogP contribution in [0.2, 0.25) is 0 Å². The topological polar surface area (TPSA) is 84.5 Å². The fourth-order valence-corrected chi connectivity index (χ4v) is 3.84. The molecule has 0 spiro atoms. The van der Waals surface area contributed by atoms with E-state index in [1.165, 1.54) is 12.0 Å². The van der Waals surface area contributed by atoms with Crippen molar-refractivity contribution in [1.29, 1.82) is 0 Å². The number of carbonyl (C=O) groups excluding carboxylic acids is 3. The van der Waals surface area contributed by atoms with E-state index in [4.69, 9.17) is 4.74 Å². The zero-order chi connectivity index (χ0) is 22.6. The van der Waals surface area contributed by atoms with Gasteiger partial charge in [-0.05, 0) is 55.5 Å². The predicted molar refractivity (Wildman–Crippen MR) is 124 cm³/mol. The second-order valence-corrected chi connectivity index (χ2v) is 8.24. The fourth-order valence-electron chi connectivity index (χ4n) is 3.84. The van der Waals surface area contributed by atoms with Gasteiger partial charge in [0.05, 0.1) is 13.0 Å². The molecule has 1 aliphatic carbocycles. The molecule has 1 saturated carbocycles. The monoisotopic (exact) mass is 436 g/mol. The summed E-state index contributed by atoms with van der Waals surface area (Å²) in [4.78, 5) is 36.3. The van der Waals surface area contributed by atoms with E-state index in [9.17, 15) is 14.4 Å². The molecular formula is C26H32N2O4. The van der Waals surface area contributed by atoms with E-state index in [0.29, 0.717) is 17.9 Å². The second kappa shape index (κ2) is 12.6. The van der Waals surface area contributed by atoms with Crippen molar-refractivity contribution in [1.82, 2.24) is 5.32 Å². The summed E-state index contributed by atoms with van der Waals surface area (Å²) in [5, 5.41) is 5.84. The van der Waals surface area contributed by atoms with Crippen LogP contribution in [0.15, 0.2) is 54.6 Å². The Morgan fingerprint density at radius 2 is 1.59 bits per heavy atom. The lowest BCUT2D eigenvalue weighted by molar-refractivity contribution is -0.144. The van der Waals surface area contributed by atoms with Crippen molar-refractivity contribution < 1.29 is 19.1 Å². The molecule has 0 aromatic heterocycles. The van der Waals surface area contributed by atoms with Gasteiger partial charge in [-0.25, -0.2) is 0 Å². The Balaban J connectivity index is 1.31. The van der Waals surface area contributed by atoms with Crippen LogP contribution in [0, 0.1) is 0 Å². The molecule has 2 N–H and O–H groups in total. The average Bonchev–Trinajstić information content (AvgIpc) is 2.82. The highest BCUT2D eigenvalue weighted by Gasteiger charge is 2.16. The van der Waals surface area contributed by atoms with Crippen LogP contribution in [0.5, 0.6) is 0 Å². The summed E-state index contributed by atoms with van der Waals surface area (Å²) in [6, 6.07) is 17.1. The summed E-state index contributed by atoms with van der Waals surface area (Å²) >= 11 is 0. The minimum Gasteiger partial charge on any atom is -0.466 e. The minimum absolute atomic E-state index is 0.0407. The van der Waals surface area contributed by atoms with E-state index >= 15 is 0 Å². The van der Waals surface area contributed by atoms with Crippen LogP contribution in [0.25, 0.3) is 0 Å². The quantitative estimate of drug-likeness (QED) is 0.420. The zero-order valence-electron chi connectivity index (χ0n) is 18.5.